The zero-order chi connectivity index (χ0) is 31.5. The average molecular weight is 600 g/mol. The molecule has 6 rings (SSSR count). The van der Waals surface area contributed by atoms with Gasteiger partial charge in [-0.25, -0.2) is 4.98 Å². The highest BCUT2D eigenvalue weighted by Crippen LogP contribution is 2.47. The van der Waals surface area contributed by atoms with Gasteiger partial charge in [-0.05, 0) is 84.4 Å². The summed E-state index contributed by atoms with van der Waals surface area (Å²) in [6.07, 6.45) is 14.8. The van der Waals surface area contributed by atoms with Crippen molar-refractivity contribution in [1.29, 1.82) is 0 Å². The van der Waals surface area contributed by atoms with Gasteiger partial charge in [-0.3, -0.25) is 14.6 Å². The number of nitrogens with zero attached hydrogens (tertiary/aromatic N) is 4. The number of pyridine rings is 1. The number of likely N-dealkylation sites (tertiary alicyclic amines) is 1. The van der Waals surface area contributed by atoms with E-state index in [2.05, 4.69) is 53.5 Å². The average Bonchev–Trinajstić information content (AvgIpc) is 3.43. The molecule has 0 saturated carbocycles. The van der Waals surface area contributed by atoms with Crippen LogP contribution in [0.3, 0.4) is 0 Å². The summed E-state index contributed by atoms with van der Waals surface area (Å²) in [6.45, 7) is 3.36. The zero-order valence-electron chi connectivity index (χ0n) is 25.9. The Kier molecular flexibility index (Phi) is 8.63. The quantitative estimate of drug-likeness (QED) is 0.297. The van der Waals surface area contributed by atoms with E-state index in [1.165, 1.54) is 12.7 Å². The Labute approximate surface area is 264 Å². The highest BCUT2D eigenvalue weighted by Gasteiger charge is 2.37. The fourth-order valence-electron chi connectivity index (χ4n) is 6.73. The number of fused-ring (bicyclic) bond motifs is 2. The van der Waals surface area contributed by atoms with Gasteiger partial charge >= 0.3 is 0 Å². The second-order valence-electron chi connectivity index (χ2n) is 11.9. The molecule has 8 nitrogen and oxygen atoms in total. The molecule has 2 unspecified atom stereocenters. The number of piperidine rings is 1. The predicted octanol–water partition coefficient (Wildman–Crippen LogP) is 5.15. The molecule has 2 aliphatic rings. The highest BCUT2D eigenvalue weighted by atomic mass is 16.5. The van der Waals surface area contributed by atoms with Crippen molar-refractivity contribution in [2.75, 3.05) is 26.8 Å². The summed E-state index contributed by atoms with van der Waals surface area (Å²) in [5, 5.41) is 3.22. The topological polar surface area (TPSA) is 89.4 Å². The van der Waals surface area contributed by atoms with Crippen molar-refractivity contribution >= 4 is 23.5 Å². The molecular formula is C37H37N5O3. The van der Waals surface area contributed by atoms with Crippen LogP contribution < -0.4 is 5.32 Å². The largest absolute Gasteiger partial charge is 0.375 e. The Morgan fingerprint density at radius 2 is 1.91 bits per heavy atom. The van der Waals surface area contributed by atoms with Crippen LogP contribution in [0.1, 0.15) is 74.4 Å². The summed E-state index contributed by atoms with van der Waals surface area (Å²) in [4.78, 5) is 37.7. The van der Waals surface area contributed by atoms with Crippen LogP contribution in [-0.2, 0) is 16.6 Å². The number of carbonyl (C=O) groups excluding carboxylic acids is 2. The molecular weight excluding hydrogens is 562 g/mol. The molecule has 1 aliphatic carbocycles. The number of hydrogen-bond acceptors (Lipinski definition) is 5. The third-order valence-corrected chi connectivity index (χ3v) is 8.97. The standard InChI is InChI=1S/C37H37N5O3/c1-5-25-9-11-27(12-10-25)37(44)42-17-14-26(15-18-42)34-29-13-8-24(2)19-30(29)31(20-28-7-6-16-39-35(28)34)36(40-33(43)22-45-4)32-21-38-23-41(32)3/h1,6-13,16,19-21,23,26,34,36H,14-15,17-18,22H2,2-4H3,(H,40,43). The summed E-state index contributed by atoms with van der Waals surface area (Å²) in [5.74, 6) is 2.70. The summed E-state index contributed by atoms with van der Waals surface area (Å²) >= 11 is 0. The van der Waals surface area contributed by atoms with Gasteiger partial charge < -0.3 is 19.5 Å². The van der Waals surface area contributed by atoms with Crippen LogP contribution in [0.2, 0.25) is 0 Å². The van der Waals surface area contributed by atoms with Gasteiger partial charge in [-0.1, -0.05) is 35.7 Å². The fourth-order valence-corrected chi connectivity index (χ4v) is 6.73. The van der Waals surface area contributed by atoms with Gasteiger partial charge in [0.05, 0.1) is 30.0 Å². The SMILES string of the molecule is C#Cc1ccc(C(=O)N2CCC(C3c4ccc(C)cc4C(C(NC(=O)COC)c4cncn4C)=Cc4cccnc43)CC2)cc1. The summed E-state index contributed by atoms with van der Waals surface area (Å²) in [7, 11) is 3.45. The fraction of sp³-hybridized carbons (Fsp3) is 0.297. The number of methoxy groups -OCH3 is 1. The smallest absolute Gasteiger partial charge is 0.253 e. The Bertz CT molecular complexity index is 1790. The first-order valence-electron chi connectivity index (χ1n) is 15.3. The second-order valence-corrected chi connectivity index (χ2v) is 11.9. The lowest BCUT2D eigenvalue weighted by Gasteiger charge is -2.37. The van der Waals surface area contributed by atoms with Crippen molar-refractivity contribution < 1.29 is 14.3 Å². The van der Waals surface area contributed by atoms with Crippen molar-refractivity contribution in [3.63, 3.8) is 0 Å². The van der Waals surface area contributed by atoms with Gasteiger partial charge in [-0.15, -0.1) is 6.42 Å². The second kappa shape index (κ2) is 12.9. The highest BCUT2D eigenvalue weighted by molar-refractivity contribution is 5.94. The molecule has 1 saturated heterocycles. The minimum atomic E-state index is -0.465. The van der Waals surface area contributed by atoms with Gasteiger partial charge in [0.15, 0.2) is 0 Å². The number of ether oxygens (including phenoxy) is 1. The molecule has 2 aromatic carbocycles. The number of imidazole rings is 1. The van der Waals surface area contributed by atoms with Crippen LogP contribution in [0.15, 0.2) is 73.3 Å². The molecule has 45 heavy (non-hydrogen) atoms. The molecule has 8 heteroatoms. The first-order chi connectivity index (χ1) is 21.9. The maximum Gasteiger partial charge on any atom is 0.253 e. The summed E-state index contributed by atoms with van der Waals surface area (Å²) < 4.78 is 7.11. The van der Waals surface area contributed by atoms with Gasteiger partial charge in [0.25, 0.3) is 5.91 Å². The van der Waals surface area contributed by atoms with Crippen molar-refractivity contribution in [1.82, 2.24) is 24.8 Å². The molecule has 0 radical (unpaired) electrons. The maximum atomic E-state index is 13.4. The molecule has 1 fully saturated rings. The number of aryl methyl sites for hydroxylation is 2. The minimum Gasteiger partial charge on any atom is -0.375 e. The number of terminal acetylenes is 1. The van der Waals surface area contributed by atoms with Crippen LogP contribution >= 0.6 is 0 Å². The number of rotatable bonds is 7. The van der Waals surface area contributed by atoms with E-state index in [1.54, 1.807) is 12.5 Å². The lowest BCUT2D eigenvalue weighted by atomic mass is 9.75. The first kappa shape index (κ1) is 30.0. The number of nitrogens with one attached hydrogen (secondary N) is 1. The number of hydrogen-bond donors (Lipinski definition) is 1. The Balaban J connectivity index is 1.38. The van der Waals surface area contributed by atoms with Crippen molar-refractivity contribution in [2.45, 2.75) is 31.7 Å². The van der Waals surface area contributed by atoms with Crippen LogP contribution in [-0.4, -0.2) is 58.1 Å². The van der Waals surface area contributed by atoms with E-state index in [9.17, 15) is 9.59 Å². The Morgan fingerprint density at radius 3 is 2.60 bits per heavy atom. The molecule has 4 aromatic rings. The van der Waals surface area contributed by atoms with E-state index in [-0.39, 0.29) is 30.3 Å². The Hall–Kier alpha value is -5.00. The maximum absolute atomic E-state index is 13.4. The van der Waals surface area contributed by atoms with E-state index in [1.807, 2.05) is 53.0 Å². The third-order valence-electron chi connectivity index (χ3n) is 8.97. The molecule has 2 atom stereocenters. The normalized spacial score (nSPS) is 16.9. The van der Waals surface area contributed by atoms with Gasteiger partial charge in [0, 0.05) is 50.5 Å². The summed E-state index contributed by atoms with van der Waals surface area (Å²) in [5.41, 5.74) is 8.66. The number of benzene rings is 2. The molecule has 3 heterocycles. The van der Waals surface area contributed by atoms with Crippen LogP contribution in [0.25, 0.3) is 11.6 Å². The minimum absolute atomic E-state index is 0.0135. The molecule has 228 valence electrons. The van der Waals surface area contributed by atoms with E-state index in [0.29, 0.717) is 18.7 Å². The predicted molar refractivity (Wildman–Crippen MR) is 174 cm³/mol. The lowest BCUT2D eigenvalue weighted by molar-refractivity contribution is -0.125. The van der Waals surface area contributed by atoms with Crippen LogP contribution in [0.4, 0.5) is 0 Å². The van der Waals surface area contributed by atoms with E-state index >= 15 is 0 Å². The monoisotopic (exact) mass is 599 g/mol. The van der Waals surface area contributed by atoms with Gasteiger partial charge in [0.2, 0.25) is 5.91 Å². The van der Waals surface area contributed by atoms with Crippen LogP contribution in [0, 0.1) is 25.2 Å². The molecule has 0 bridgehead atoms. The zero-order valence-corrected chi connectivity index (χ0v) is 25.9. The van der Waals surface area contributed by atoms with E-state index in [0.717, 1.165) is 52.1 Å². The molecule has 1 N–H and O–H groups in total. The van der Waals surface area contributed by atoms with Crippen molar-refractivity contribution in [3.8, 4) is 12.3 Å². The molecule has 2 amide bonds. The Morgan fingerprint density at radius 1 is 1.13 bits per heavy atom. The van der Waals surface area contributed by atoms with Crippen LogP contribution in [0.5, 0.6) is 0 Å². The van der Waals surface area contributed by atoms with Crippen molar-refractivity contribution in [3.05, 3.63) is 118 Å². The summed E-state index contributed by atoms with van der Waals surface area (Å²) in [6, 6.07) is 17.4. The molecule has 0 spiro atoms. The number of amides is 2. The molecule has 2 aromatic heterocycles. The number of aromatic nitrogens is 3. The van der Waals surface area contributed by atoms with E-state index < -0.39 is 6.04 Å². The third kappa shape index (κ3) is 6.04. The first-order valence-corrected chi connectivity index (χ1v) is 15.3. The lowest BCUT2D eigenvalue weighted by Crippen LogP contribution is -2.40. The van der Waals surface area contributed by atoms with E-state index in [4.69, 9.17) is 16.1 Å². The number of carbonyl (C=O) groups is 2. The van der Waals surface area contributed by atoms with Gasteiger partial charge in [-0.2, -0.15) is 0 Å². The molecule has 1 aliphatic heterocycles. The van der Waals surface area contributed by atoms with Gasteiger partial charge in [0.1, 0.15) is 6.61 Å². The van der Waals surface area contributed by atoms with Crippen molar-refractivity contribution in [2.24, 2.45) is 13.0 Å².